The molecule has 68 valence electrons. The van der Waals surface area contributed by atoms with E-state index in [1.165, 1.54) is 6.42 Å². The van der Waals surface area contributed by atoms with Crippen LogP contribution in [0.2, 0.25) is 0 Å². The maximum absolute atomic E-state index is 5.10. The van der Waals surface area contributed by atoms with Gasteiger partial charge in [-0.3, -0.25) is 0 Å². The second kappa shape index (κ2) is 10.0. The Balaban J connectivity index is 3.08. The van der Waals surface area contributed by atoms with Gasteiger partial charge in [-0.1, -0.05) is 24.3 Å². The SMILES string of the molecule is C=CCCCC=CCOC=CC. The molecule has 0 spiro atoms. The Morgan fingerprint density at radius 3 is 2.75 bits per heavy atom. The minimum Gasteiger partial charge on any atom is -0.497 e. The number of unbranched alkanes of at least 4 members (excludes halogenated alkanes) is 2. The highest BCUT2D eigenvalue weighted by molar-refractivity contribution is 4.83. The number of rotatable bonds is 7. The highest BCUT2D eigenvalue weighted by atomic mass is 16.5. The molecule has 0 aromatic carbocycles. The molecule has 12 heavy (non-hydrogen) atoms. The molecule has 0 aromatic heterocycles. The third kappa shape index (κ3) is 9.02. The fraction of sp³-hybridized carbons (Fsp3) is 0.455. The van der Waals surface area contributed by atoms with E-state index in [4.69, 9.17) is 4.74 Å². The zero-order valence-corrected chi connectivity index (χ0v) is 7.83. The lowest BCUT2D eigenvalue weighted by molar-refractivity contribution is 0.289. The fourth-order valence-electron chi connectivity index (χ4n) is 0.773. The monoisotopic (exact) mass is 166 g/mol. The maximum atomic E-state index is 5.10. The number of hydrogen-bond donors (Lipinski definition) is 0. The van der Waals surface area contributed by atoms with E-state index in [-0.39, 0.29) is 0 Å². The van der Waals surface area contributed by atoms with E-state index in [0.717, 1.165) is 12.8 Å². The fourth-order valence-corrected chi connectivity index (χ4v) is 0.773. The highest BCUT2D eigenvalue weighted by Gasteiger charge is 1.78. The summed E-state index contributed by atoms with van der Waals surface area (Å²) < 4.78 is 5.10. The Morgan fingerprint density at radius 1 is 1.25 bits per heavy atom. The van der Waals surface area contributed by atoms with Gasteiger partial charge in [-0.15, -0.1) is 6.58 Å². The van der Waals surface area contributed by atoms with Crippen molar-refractivity contribution in [1.29, 1.82) is 0 Å². The second-order valence-electron chi connectivity index (χ2n) is 2.49. The van der Waals surface area contributed by atoms with Crippen LogP contribution in [0, 0.1) is 0 Å². The molecule has 0 fully saturated rings. The number of hydrogen-bond acceptors (Lipinski definition) is 1. The molecule has 0 rings (SSSR count). The van der Waals surface area contributed by atoms with E-state index >= 15 is 0 Å². The van der Waals surface area contributed by atoms with E-state index in [1.807, 2.05) is 25.2 Å². The Kier molecular flexibility index (Phi) is 9.20. The van der Waals surface area contributed by atoms with Crippen LogP contribution in [0.1, 0.15) is 26.2 Å². The van der Waals surface area contributed by atoms with Crippen LogP contribution in [0.25, 0.3) is 0 Å². The van der Waals surface area contributed by atoms with Gasteiger partial charge in [0.25, 0.3) is 0 Å². The molecule has 0 radical (unpaired) electrons. The average Bonchev–Trinajstić information content (AvgIpc) is 2.10. The molecule has 0 saturated heterocycles. The smallest absolute Gasteiger partial charge is 0.105 e. The Labute approximate surface area is 75.4 Å². The molecule has 0 atom stereocenters. The highest BCUT2D eigenvalue weighted by Crippen LogP contribution is 1.96. The zero-order valence-electron chi connectivity index (χ0n) is 7.83. The van der Waals surface area contributed by atoms with Crippen LogP contribution in [-0.4, -0.2) is 6.61 Å². The zero-order chi connectivity index (χ0) is 9.07. The van der Waals surface area contributed by atoms with Crippen molar-refractivity contribution in [2.24, 2.45) is 0 Å². The van der Waals surface area contributed by atoms with Crippen molar-refractivity contribution in [1.82, 2.24) is 0 Å². The minimum absolute atomic E-state index is 0.679. The Hall–Kier alpha value is -0.980. The topological polar surface area (TPSA) is 9.23 Å². The van der Waals surface area contributed by atoms with Gasteiger partial charge in [0.15, 0.2) is 0 Å². The lowest BCUT2D eigenvalue weighted by Gasteiger charge is -1.92. The average molecular weight is 166 g/mol. The molecule has 0 bridgehead atoms. The summed E-state index contributed by atoms with van der Waals surface area (Å²) >= 11 is 0. The maximum Gasteiger partial charge on any atom is 0.105 e. The summed E-state index contributed by atoms with van der Waals surface area (Å²) in [7, 11) is 0. The van der Waals surface area contributed by atoms with Crippen molar-refractivity contribution >= 4 is 0 Å². The summed E-state index contributed by atoms with van der Waals surface area (Å²) in [6, 6.07) is 0. The van der Waals surface area contributed by atoms with Crippen LogP contribution in [0.15, 0.2) is 37.1 Å². The van der Waals surface area contributed by atoms with Gasteiger partial charge in [0.1, 0.15) is 6.61 Å². The molecule has 0 N–H and O–H groups in total. The molecule has 0 saturated carbocycles. The summed E-state index contributed by atoms with van der Waals surface area (Å²) in [4.78, 5) is 0. The first-order valence-corrected chi connectivity index (χ1v) is 4.40. The molecule has 0 unspecified atom stereocenters. The van der Waals surface area contributed by atoms with Gasteiger partial charge >= 0.3 is 0 Å². The standard InChI is InChI=1S/C11H18O/c1-3-5-6-7-8-9-11-12-10-4-2/h3-4,8-10H,1,5-7,11H2,2H3. The van der Waals surface area contributed by atoms with Crippen LogP contribution in [0.5, 0.6) is 0 Å². The molecule has 1 nitrogen and oxygen atoms in total. The van der Waals surface area contributed by atoms with Gasteiger partial charge < -0.3 is 4.74 Å². The Bertz CT molecular complexity index is 145. The first-order chi connectivity index (χ1) is 5.91. The molecule has 0 aliphatic carbocycles. The molecule has 0 aromatic rings. The van der Waals surface area contributed by atoms with E-state index in [1.54, 1.807) is 6.26 Å². The van der Waals surface area contributed by atoms with Gasteiger partial charge in [-0.25, -0.2) is 0 Å². The molecule has 0 aliphatic rings. The van der Waals surface area contributed by atoms with Crippen LogP contribution in [0.4, 0.5) is 0 Å². The van der Waals surface area contributed by atoms with E-state index in [0.29, 0.717) is 6.61 Å². The molecule has 0 heterocycles. The van der Waals surface area contributed by atoms with Gasteiger partial charge in [-0.2, -0.15) is 0 Å². The van der Waals surface area contributed by atoms with Crippen molar-refractivity contribution in [3.8, 4) is 0 Å². The quantitative estimate of drug-likeness (QED) is 0.320. The Morgan fingerprint density at radius 2 is 2.08 bits per heavy atom. The summed E-state index contributed by atoms with van der Waals surface area (Å²) in [5.74, 6) is 0. The van der Waals surface area contributed by atoms with Crippen LogP contribution in [0.3, 0.4) is 0 Å². The third-order valence-electron chi connectivity index (χ3n) is 1.37. The molecular formula is C11H18O. The number of ether oxygens (including phenoxy) is 1. The first-order valence-electron chi connectivity index (χ1n) is 4.40. The summed E-state index contributed by atoms with van der Waals surface area (Å²) in [5.41, 5.74) is 0. The lowest BCUT2D eigenvalue weighted by Crippen LogP contribution is -1.79. The summed E-state index contributed by atoms with van der Waals surface area (Å²) in [5, 5.41) is 0. The lowest BCUT2D eigenvalue weighted by atomic mass is 10.2. The summed E-state index contributed by atoms with van der Waals surface area (Å²) in [6.07, 6.45) is 13.1. The predicted octanol–water partition coefficient (Wildman–Crippen LogP) is 3.45. The van der Waals surface area contributed by atoms with Crippen molar-refractivity contribution in [2.45, 2.75) is 26.2 Å². The minimum atomic E-state index is 0.679. The van der Waals surface area contributed by atoms with Gasteiger partial charge in [-0.05, 0) is 26.2 Å². The summed E-state index contributed by atoms with van der Waals surface area (Å²) in [6.45, 7) is 6.28. The van der Waals surface area contributed by atoms with Crippen LogP contribution in [-0.2, 0) is 4.74 Å². The van der Waals surface area contributed by atoms with E-state index < -0.39 is 0 Å². The van der Waals surface area contributed by atoms with Crippen molar-refractivity contribution in [3.63, 3.8) is 0 Å². The third-order valence-corrected chi connectivity index (χ3v) is 1.37. The molecule has 1 heteroatoms. The normalized spacial score (nSPS) is 11.1. The van der Waals surface area contributed by atoms with E-state index in [2.05, 4.69) is 12.7 Å². The van der Waals surface area contributed by atoms with Crippen molar-refractivity contribution in [2.75, 3.05) is 6.61 Å². The van der Waals surface area contributed by atoms with Gasteiger partial charge in [0, 0.05) is 0 Å². The number of allylic oxidation sites excluding steroid dienone is 3. The molecule has 0 aliphatic heterocycles. The largest absolute Gasteiger partial charge is 0.497 e. The first kappa shape index (κ1) is 11.0. The van der Waals surface area contributed by atoms with E-state index in [9.17, 15) is 0 Å². The van der Waals surface area contributed by atoms with Gasteiger partial charge in [0.05, 0.1) is 6.26 Å². The van der Waals surface area contributed by atoms with Crippen LogP contribution < -0.4 is 0 Å². The van der Waals surface area contributed by atoms with Crippen molar-refractivity contribution in [3.05, 3.63) is 37.1 Å². The molecular weight excluding hydrogens is 148 g/mol. The molecule has 0 amide bonds. The van der Waals surface area contributed by atoms with Gasteiger partial charge in [0.2, 0.25) is 0 Å². The second-order valence-corrected chi connectivity index (χ2v) is 2.49. The van der Waals surface area contributed by atoms with Crippen LogP contribution >= 0.6 is 0 Å². The predicted molar refractivity (Wildman–Crippen MR) is 54.0 cm³/mol. The van der Waals surface area contributed by atoms with Crippen molar-refractivity contribution < 1.29 is 4.74 Å².